The molecule has 0 saturated heterocycles. The molecule has 1 radical (unpaired) electrons. The number of carbonyl (C=O) groups is 1. The number of halogens is 1. The molecule has 0 aliphatic heterocycles. The standard InChI is InChI=1S/C20H25ClO3.C20H25N3O2.Co/c1-18(2,3)16-11-14(13-7-9-15(21)10-8-13)12-20(24-23,17(16)22)19(4,5)6;24-19-9-3-1-7-17(19)15-22-13-5-11-21-12-6-14-23-16-18-8-2-4-10-20(18)25;/h7-12,23H,1-6H3;1-4,7-10,15-16,21,24-25H,5-6,11-14H2;. The summed E-state index contributed by atoms with van der Waals surface area (Å²) in [6.07, 6.45) is 8.92. The van der Waals surface area contributed by atoms with Crippen LogP contribution in [-0.4, -0.2) is 65.5 Å². The van der Waals surface area contributed by atoms with Gasteiger partial charge in [0.15, 0.2) is 11.4 Å². The molecule has 50 heavy (non-hydrogen) atoms. The van der Waals surface area contributed by atoms with E-state index in [9.17, 15) is 20.3 Å². The number of hydrogen-bond acceptors (Lipinski definition) is 8. The topological polar surface area (TPSA) is 124 Å². The van der Waals surface area contributed by atoms with Crippen LogP contribution in [0.25, 0.3) is 5.57 Å². The molecule has 1 aliphatic carbocycles. The molecule has 3 aromatic rings. The van der Waals surface area contributed by atoms with E-state index in [-0.39, 0.29) is 39.5 Å². The largest absolute Gasteiger partial charge is 0.507 e. The smallest absolute Gasteiger partial charge is 0.199 e. The molecule has 0 amide bonds. The molecule has 3 aromatic carbocycles. The number of phenolic OH excluding ortho intramolecular Hbond substituents is 2. The molecule has 0 saturated carbocycles. The summed E-state index contributed by atoms with van der Waals surface area (Å²) in [7, 11) is 0. The van der Waals surface area contributed by atoms with Gasteiger partial charge in [0.25, 0.3) is 0 Å². The van der Waals surface area contributed by atoms with Crippen LogP contribution in [0, 0.1) is 10.8 Å². The van der Waals surface area contributed by atoms with Crippen LogP contribution in [0.2, 0.25) is 5.02 Å². The van der Waals surface area contributed by atoms with Gasteiger partial charge in [-0.3, -0.25) is 20.0 Å². The number of allylic oxidation sites excluding steroid dienone is 2. The molecule has 1 aliphatic rings. The fraction of sp³-hybridized carbons (Fsp3) is 0.375. The van der Waals surface area contributed by atoms with E-state index in [1.165, 1.54) is 0 Å². The minimum atomic E-state index is -1.43. The van der Waals surface area contributed by atoms with Crippen molar-refractivity contribution in [3.05, 3.63) is 112 Å². The van der Waals surface area contributed by atoms with E-state index in [0.29, 0.717) is 10.6 Å². The van der Waals surface area contributed by atoms with E-state index in [1.807, 2.05) is 84.0 Å². The first-order valence-corrected chi connectivity index (χ1v) is 16.9. The first kappa shape index (κ1) is 42.6. The van der Waals surface area contributed by atoms with Crippen LogP contribution in [0.3, 0.4) is 0 Å². The number of hydrogen-bond donors (Lipinski definition) is 4. The van der Waals surface area contributed by atoms with Gasteiger partial charge in [-0.05, 0) is 91.0 Å². The normalized spacial score (nSPS) is 16.4. The minimum Gasteiger partial charge on any atom is -0.507 e. The van der Waals surface area contributed by atoms with Crippen LogP contribution in [0.1, 0.15) is 71.1 Å². The molecular formula is C40H50ClCoN3O5. The average Bonchev–Trinajstić information content (AvgIpc) is 3.05. The number of nitrogens with one attached hydrogen (secondary N) is 1. The Kier molecular flexibility index (Phi) is 16.8. The number of phenols is 2. The summed E-state index contributed by atoms with van der Waals surface area (Å²) >= 11 is 5.98. The summed E-state index contributed by atoms with van der Waals surface area (Å²) in [5.41, 5.74) is 1.44. The summed E-state index contributed by atoms with van der Waals surface area (Å²) in [5.74, 6) is 0.310. The molecule has 8 nitrogen and oxygen atoms in total. The van der Waals surface area contributed by atoms with Gasteiger partial charge >= 0.3 is 0 Å². The maximum atomic E-state index is 13.2. The summed E-state index contributed by atoms with van der Waals surface area (Å²) in [5, 5.41) is 33.0. The second kappa shape index (κ2) is 19.7. The fourth-order valence-corrected chi connectivity index (χ4v) is 5.24. The number of carbonyl (C=O) groups excluding carboxylic acids is 1. The molecule has 0 spiro atoms. The Morgan fingerprint density at radius 2 is 1.28 bits per heavy atom. The summed E-state index contributed by atoms with van der Waals surface area (Å²) in [6.45, 7) is 14.8. The molecule has 4 rings (SSSR count). The number of aliphatic imine (C=N–C) groups is 2. The molecule has 10 heteroatoms. The predicted octanol–water partition coefficient (Wildman–Crippen LogP) is 8.56. The van der Waals surface area contributed by atoms with Crippen molar-refractivity contribution >= 4 is 35.4 Å². The van der Waals surface area contributed by atoms with Crippen molar-refractivity contribution in [3.8, 4) is 11.5 Å². The zero-order valence-electron chi connectivity index (χ0n) is 29.7. The quantitative estimate of drug-likeness (QED) is 0.0638. The number of benzene rings is 3. The van der Waals surface area contributed by atoms with Gasteiger partial charge in [-0.25, -0.2) is 4.89 Å². The van der Waals surface area contributed by atoms with Gasteiger partial charge in [0.2, 0.25) is 0 Å². The number of ketones is 1. The van der Waals surface area contributed by atoms with Crippen LogP contribution in [0.4, 0.5) is 0 Å². The SMILES string of the molecule is CC(C)(C)C1=CC(c2ccc(Cl)cc2)=CC(OO)(C(C)(C)C)C1=O.Oc1ccccc1C=NCCCNCCCN=Cc1ccccc1O.[Co]. The molecule has 0 bridgehead atoms. The Morgan fingerprint density at radius 3 is 1.70 bits per heavy atom. The number of nitrogens with zero attached hydrogens (tertiary/aromatic N) is 2. The molecule has 0 heterocycles. The van der Waals surface area contributed by atoms with Crippen LogP contribution < -0.4 is 5.32 Å². The van der Waals surface area contributed by atoms with Gasteiger partial charge in [-0.15, -0.1) is 0 Å². The van der Waals surface area contributed by atoms with E-state index in [0.717, 1.165) is 61.3 Å². The van der Waals surface area contributed by atoms with Crippen LogP contribution >= 0.6 is 11.6 Å². The monoisotopic (exact) mass is 746 g/mol. The summed E-state index contributed by atoms with van der Waals surface area (Å²) in [4.78, 5) is 26.7. The number of Topliss-reactive ketones (excluding diaryl/α,β-unsaturated/α-hetero) is 1. The van der Waals surface area contributed by atoms with Gasteiger partial charge < -0.3 is 15.5 Å². The Balaban J connectivity index is 0.000000340. The predicted molar refractivity (Wildman–Crippen MR) is 201 cm³/mol. The second-order valence-electron chi connectivity index (χ2n) is 14.0. The summed E-state index contributed by atoms with van der Waals surface area (Å²) in [6, 6.07) is 21.7. The van der Waals surface area contributed by atoms with Gasteiger partial charge in [0.05, 0.1) is 0 Å². The Bertz CT molecular complexity index is 1600. The average molecular weight is 747 g/mol. The minimum absolute atomic E-state index is 0. The second-order valence-corrected chi connectivity index (χ2v) is 14.4. The van der Waals surface area contributed by atoms with E-state index in [2.05, 4.69) is 15.3 Å². The zero-order chi connectivity index (χ0) is 36.1. The maximum Gasteiger partial charge on any atom is 0.199 e. The number of rotatable bonds is 12. The van der Waals surface area contributed by atoms with Crippen molar-refractivity contribution < 1.29 is 41.9 Å². The molecule has 1 unspecified atom stereocenters. The van der Waals surface area contributed by atoms with Crippen molar-refractivity contribution in [2.24, 2.45) is 20.8 Å². The Hall–Kier alpha value is -3.57. The van der Waals surface area contributed by atoms with Crippen LogP contribution in [-0.2, 0) is 26.5 Å². The Morgan fingerprint density at radius 1 is 0.800 bits per heavy atom. The third-order valence-electron chi connectivity index (χ3n) is 8.10. The van der Waals surface area contributed by atoms with Crippen molar-refractivity contribution in [2.75, 3.05) is 26.2 Å². The van der Waals surface area contributed by atoms with Crippen molar-refractivity contribution in [2.45, 2.75) is 60.0 Å². The van der Waals surface area contributed by atoms with E-state index < -0.39 is 11.0 Å². The molecular weight excluding hydrogens is 697 g/mol. The van der Waals surface area contributed by atoms with Crippen LogP contribution in [0.15, 0.2) is 101 Å². The fourth-order valence-electron chi connectivity index (χ4n) is 5.11. The van der Waals surface area contributed by atoms with Gasteiger partial charge in [0.1, 0.15) is 11.5 Å². The first-order valence-electron chi connectivity index (χ1n) is 16.5. The third kappa shape index (κ3) is 12.0. The van der Waals surface area contributed by atoms with Gasteiger partial charge in [-0.2, -0.15) is 0 Å². The molecule has 1 atom stereocenters. The first-order chi connectivity index (χ1) is 23.2. The van der Waals surface area contributed by atoms with E-state index >= 15 is 0 Å². The van der Waals surface area contributed by atoms with Crippen LogP contribution in [0.5, 0.6) is 11.5 Å². The molecule has 271 valence electrons. The van der Waals surface area contributed by atoms with E-state index in [1.54, 1.807) is 54.9 Å². The van der Waals surface area contributed by atoms with Gasteiger partial charge in [-0.1, -0.05) is 89.5 Å². The van der Waals surface area contributed by atoms with Crippen molar-refractivity contribution in [1.29, 1.82) is 0 Å². The molecule has 4 N–H and O–H groups in total. The number of para-hydroxylation sites is 2. The Labute approximate surface area is 312 Å². The molecule has 0 aromatic heterocycles. The van der Waals surface area contributed by atoms with Crippen molar-refractivity contribution in [3.63, 3.8) is 0 Å². The van der Waals surface area contributed by atoms with Crippen molar-refractivity contribution in [1.82, 2.24) is 5.32 Å². The number of aromatic hydroxyl groups is 2. The summed E-state index contributed by atoms with van der Waals surface area (Å²) < 4.78 is 0. The third-order valence-corrected chi connectivity index (χ3v) is 8.35. The molecule has 0 fully saturated rings. The van der Waals surface area contributed by atoms with Gasteiger partial charge in [0, 0.05) is 69.4 Å². The van der Waals surface area contributed by atoms with E-state index in [4.69, 9.17) is 16.5 Å². The maximum absolute atomic E-state index is 13.2. The zero-order valence-corrected chi connectivity index (χ0v) is 31.5.